The van der Waals surface area contributed by atoms with Gasteiger partial charge in [0, 0.05) is 18.8 Å². The third-order valence-corrected chi connectivity index (χ3v) is 5.71. The predicted octanol–water partition coefficient (Wildman–Crippen LogP) is 5.06. The monoisotopic (exact) mass is 394 g/mol. The van der Waals surface area contributed by atoms with Gasteiger partial charge in [0.25, 0.3) is 0 Å². The summed E-state index contributed by atoms with van der Waals surface area (Å²) in [6.07, 6.45) is 1.55. The Morgan fingerprint density at radius 1 is 1.14 bits per heavy atom. The van der Waals surface area contributed by atoms with Crippen LogP contribution in [0.25, 0.3) is 0 Å². The maximum atomic E-state index is 13.7. The average Bonchev–Trinajstić information content (AvgIpc) is 2.81. The molecule has 0 aliphatic heterocycles. The van der Waals surface area contributed by atoms with Gasteiger partial charge in [0.05, 0.1) is 7.11 Å². The molecule has 2 unspecified atom stereocenters. The summed E-state index contributed by atoms with van der Waals surface area (Å²) < 4.78 is 11.0. The molecule has 2 aromatic rings. The van der Waals surface area contributed by atoms with E-state index in [0.717, 1.165) is 35.3 Å². The number of ketones is 1. The van der Waals surface area contributed by atoms with Crippen molar-refractivity contribution in [2.45, 2.75) is 58.0 Å². The van der Waals surface area contributed by atoms with Crippen molar-refractivity contribution in [3.8, 4) is 5.75 Å². The zero-order valence-corrected chi connectivity index (χ0v) is 17.7. The van der Waals surface area contributed by atoms with Gasteiger partial charge in [0.2, 0.25) is 0 Å². The molecule has 4 nitrogen and oxygen atoms in total. The summed E-state index contributed by atoms with van der Waals surface area (Å²) in [7, 11) is 1.62. The van der Waals surface area contributed by atoms with Gasteiger partial charge in [-0.3, -0.25) is 9.59 Å². The van der Waals surface area contributed by atoms with E-state index in [1.54, 1.807) is 7.11 Å². The lowest BCUT2D eigenvalue weighted by molar-refractivity contribution is -0.155. The number of hydrogen-bond acceptors (Lipinski definition) is 4. The second kappa shape index (κ2) is 9.25. The van der Waals surface area contributed by atoms with Gasteiger partial charge in [-0.25, -0.2) is 0 Å². The summed E-state index contributed by atoms with van der Waals surface area (Å²) in [5, 5.41) is 0. The highest BCUT2D eigenvalue weighted by Gasteiger charge is 2.41. The van der Waals surface area contributed by atoms with Crippen LogP contribution in [0.5, 0.6) is 5.75 Å². The molecular formula is C25H30O4. The Morgan fingerprint density at radius 3 is 2.59 bits per heavy atom. The Kier molecular flexibility index (Phi) is 6.73. The number of benzene rings is 2. The van der Waals surface area contributed by atoms with Gasteiger partial charge < -0.3 is 9.47 Å². The summed E-state index contributed by atoms with van der Waals surface area (Å²) in [5.41, 5.74) is 3.17. The normalized spacial score (nSPS) is 21.4. The van der Waals surface area contributed by atoms with Gasteiger partial charge in [-0.1, -0.05) is 50.2 Å². The Balaban J connectivity index is 2.08. The molecule has 4 heteroatoms. The van der Waals surface area contributed by atoms with Crippen LogP contribution in [0.1, 0.15) is 62.1 Å². The van der Waals surface area contributed by atoms with Crippen LogP contribution in [0.2, 0.25) is 0 Å². The van der Waals surface area contributed by atoms with E-state index in [-0.39, 0.29) is 17.6 Å². The van der Waals surface area contributed by atoms with Crippen LogP contribution in [-0.2, 0) is 20.7 Å². The first-order valence-corrected chi connectivity index (χ1v) is 10.3. The van der Waals surface area contributed by atoms with Gasteiger partial charge in [-0.05, 0) is 54.0 Å². The van der Waals surface area contributed by atoms with Crippen LogP contribution < -0.4 is 4.74 Å². The summed E-state index contributed by atoms with van der Waals surface area (Å²) in [6.45, 7) is 5.70. The van der Waals surface area contributed by atoms with Gasteiger partial charge in [0.1, 0.15) is 5.75 Å². The zero-order valence-electron chi connectivity index (χ0n) is 17.7. The molecule has 1 aliphatic carbocycles. The molecule has 0 N–H and O–H groups in total. The van der Waals surface area contributed by atoms with Crippen LogP contribution in [0.15, 0.2) is 48.5 Å². The van der Waals surface area contributed by atoms with Crippen LogP contribution in [-0.4, -0.2) is 25.0 Å². The van der Waals surface area contributed by atoms with E-state index in [2.05, 4.69) is 26.0 Å². The topological polar surface area (TPSA) is 52.6 Å². The largest absolute Gasteiger partial charge is 0.497 e. The number of esters is 1. The average molecular weight is 395 g/mol. The van der Waals surface area contributed by atoms with Gasteiger partial charge in [0.15, 0.2) is 11.9 Å². The van der Waals surface area contributed by atoms with Crippen molar-refractivity contribution in [3.63, 3.8) is 0 Å². The van der Waals surface area contributed by atoms with Crippen LogP contribution in [0.3, 0.4) is 0 Å². The number of carbonyl (C=O) groups excluding carboxylic acids is 2. The predicted molar refractivity (Wildman–Crippen MR) is 113 cm³/mol. The van der Waals surface area contributed by atoms with Crippen molar-refractivity contribution >= 4 is 11.8 Å². The lowest BCUT2D eigenvalue weighted by Gasteiger charge is -2.26. The number of rotatable bonds is 6. The van der Waals surface area contributed by atoms with Crippen LogP contribution >= 0.6 is 0 Å². The van der Waals surface area contributed by atoms with E-state index in [4.69, 9.17) is 9.47 Å². The second-order valence-corrected chi connectivity index (χ2v) is 8.24. The molecule has 0 amide bonds. The van der Waals surface area contributed by atoms with Crippen molar-refractivity contribution in [2.75, 3.05) is 7.11 Å². The van der Waals surface area contributed by atoms with E-state index in [9.17, 15) is 9.59 Å². The minimum Gasteiger partial charge on any atom is -0.497 e. The zero-order chi connectivity index (χ0) is 21.0. The first-order chi connectivity index (χ1) is 13.9. The van der Waals surface area contributed by atoms with Crippen LogP contribution in [0.4, 0.5) is 0 Å². The van der Waals surface area contributed by atoms with Crippen molar-refractivity contribution < 1.29 is 19.1 Å². The lowest BCUT2D eigenvalue weighted by atomic mass is 9.84. The maximum Gasteiger partial charge on any atom is 0.303 e. The summed E-state index contributed by atoms with van der Waals surface area (Å²) in [6, 6.07) is 15.8. The summed E-state index contributed by atoms with van der Waals surface area (Å²) >= 11 is 0. The Labute approximate surface area is 173 Å². The maximum absolute atomic E-state index is 13.7. The molecule has 0 bridgehead atoms. The van der Waals surface area contributed by atoms with Gasteiger partial charge in [-0.15, -0.1) is 0 Å². The first kappa shape index (κ1) is 21.1. The molecule has 1 aliphatic rings. The van der Waals surface area contributed by atoms with Gasteiger partial charge >= 0.3 is 5.97 Å². The SMILES string of the molecule is COc1cccc([C@H]2Cc3ccccc3C(CCC(C)C)C(=O)C2OC(C)=O)c1. The molecular weight excluding hydrogens is 364 g/mol. The third-order valence-electron chi connectivity index (χ3n) is 5.71. The fourth-order valence-electron chi connectivity index (χ4n) is 4.24. The smallest absolute Gasteiger partial charge is 0.303 e. The number of fused-ring (bicyclic) bond motifs is 1. The van der Waals surface area contributed by atoms with E-state index in [0.29, 0.717) is 12.3 Å². The molecule has 0 heterocycles. The Hall–Kier alpha value is -2.62. The third kappa shape index (κ3) is 4.87. The fourth-order valence-corrected chi connectivity index (χ4v) is 4.24. The Bertz CT molecular complexity index is 871. The summed E-state index contributed by atoms with van der Waals surface area (Å²) in [4.78, 5) is 25.6. The fraction of sp³-hybridized carbons (Fsp3) is 0.440. The molecule has 2 aromatic carbocycles. The highest BCUT2D eigenvalue weighted by atomic mass is 16.5. The number of methoxy groups -OCH3 is 1. The molecule has 0 spiro atoms. The minimum absolute atomic E-state index is 0.00128. The highest BCUT2D eigenvalue weighted by Crippen LogP contribution is 2.40. The molecule has 0 fully saturated rings. The summed E-state index contributed by atoms with van der Waals surface area (Å²) in [5.74, 6) is 0.300. The van der Waals surface area contributed by atoms with Crippen molar-refractivity contribution in [1.29, 1.82) is 0 Å². The molecule has 0 radical (unpaired) electrons. The molecule has 0 aromatic heterocycles. The molecule has 29 heavy (non-hydrogen) atoms. The highest BCUT2D eigenvalue weighted by molar-refractivity contribution is 5.93. The van der Waals surface area contributed by atoms with Gasteiger partial charge in [-0.2, -0.15) is 0 Å². The van der Waals surface area contributed by atoms with E-state index in [1.165, 1.54) is 6.92 Å². The quantitative estimate of drug-likeness (QED) is 0.508. The first-order valence-electron chi connectivity index (χ1n) is 10.3. The van der Waals surface area contributed by atoms with Crippen molar-refractivity contribution in [2.24, 2.45) is 5.92 Å². The number of carbonyl (C=O) groups is 2. The number of Topliss-reactive ketones (excluding diaryl/α,β-unsaturated/α-hetero) is 1. The van der Waals surface area contributed by atoms with E-state index < -0.39 is 12.1 Å². The number of ether oxygens (including phenoxy) is 2. The molecule has 3 atom stereocenters. The van der Waals surface area contributed by atoms with Crippen molar-refractivity contribution in [1.82, 2.24) is 0 Å². The van der Waals surface area contributed by atoms with Crippen LogP contribution in [0, 0.1) is 5.92 Å². The standard InChI is InChI=1S/C25H30O4/c1-16(2)12-13-22-21-11-6-5-8-19(21)15-23(25(24(22)27)29-17(3)26)18-9-7-10-20(14-18)28-4/h5-11,14,16,22-23,25H,12-13,15H2,1-4H3/t22?,23-,25?/m1/s1. The molecule has 154 valence electrons. The second-order valence-electron chi connectivity index (χ2n) is 8.24. The molecule has 0 saturated heterocycles. The number of hydrogen-bond donors (Lipinski definition) is 0. The Morgan fingerprint density at radius 2 is 1.90 bits per heavy atom. The van der Waals surface area contributed by atoms with Crippen molar-refractivity contribution in [3.05, 3.63) is 65.2 Å². The van der Waals surface area contributed by atoms with E-state index in [1.807, 2.05) is 36.4 Å². The molecule has 3 rings (SSSR count). The minimum atomic E-state index is -0.802. The molecule has 0 saturated carbocycles. The van der Waals surface area contributed by atoms with E-state index >= 15 is 0 Å². The lowest BCUT2D eigenvalue weighted by Crippen LogP contribution is -2.35.